The van der Waals surface area contributed by atoms with Gasteiger partial charge in [-0.1, -0.05) is 6.07 Å². The molecule has 1 aromatic rings. The Morgan fingerprint density at radius 1 is 1.11 bits per heavy atom. The highest BCUT2D eigenvalue weighted by Gasteiger charge is 2.37. The molecular formula is C16H22N2O. The monoisotopic (exact) mass is 258 g/mol. The number of hydrogen-bond donors (Lipinski definition) is 0. The average Bonchev–Trinajstić information content (AvgIpc) is 2.78. The van der Waals surface area contributed by atoms with Gasteiger partial charge in [-0.25, -0.2) is 0 Å². The van der Waals surface area contributed by atoms with Crippen molar-refractivity contribution in [2.75, 3.05) is 44.8 Å². The maximum absolute atomic E-state index is 5.45. The van der Waals surface area contributed by atoms with E-state index in [1.807, 2.05) is 0 Å². The largest absolute Gasteiger partial charge is 0.378 e. The Balaban J connectivity index is 1.67. The summed E-state index contributed by atoms with van der Waals surface area (Å²) in [4.78, 5) is 4.99. The molecule has 0 amide bonds. The predicted molar refractivity (Wildman–Crippen MR) is 76.8 cm³/mol. The molecule has 0 spiro atoms. The lowest BCUT2D eigenvalue weighted by molar-refractivity contribution is 0.122. The molecular weight excluding hydrogens is 236 g/mol. The highest BCUT2D eigenvalue weighted by atomic mass is 16.5. The summed E-state index contributed by atoms with van der Waals surface area (Å²) in [5.41, 5.74) is 4.61. The van der Waals surface area contributed by atoms with Gasteiger partial charge in [0.15, 0.2) is 0 Å². The van der Waals surface area contributed by atoms with E-state index in [-0.39, 0.29) is 0 Å². The maximum atomic E-state index is 5.45. The number of piperidine rings is 1. The molecule has 4 rings (SSSR count). The van der Waals surface area contributed by atoms with Crippen LogP contribution in [0.15, 0.2) is 18.2 Å². The SMILES string of the molecule is CN1CC[C@@H]2C[C@H]1c1ccc(N3CCOCC3)cc12. The van der Waals surface area contributed by atoms with Crippen molar-refractivity contribution in [1.29, 1.82) is 0 Å². The molecule has 3 heteroatoms. The molecule has 1 aromatic carbocycles. The molecule has 2 atom stereocenters. The molecule has 3 nitrogen and oxygen atoms in total. The van der Waals surface area contributed by atoms with Crippen molar-refractivity contribution in [2.24, 2.45) is 0 Å². The van der Waals surface area contributed by atoms with Gasteiger partial charge in [-0.2, -0.15) is 0 Å². The first-order valence-electron chi connectivity index (χ1n) is 7.50. The van der Waals surface area contributed by atoms with Gasteiger partial charge in [0, 0.05) is 24.8 Å². The van der Waals surface area contributed by atoms with E-state index < -0.39 is 0 Å². The quantitative estimate of drug-likeness (QED) is 0.769. The molecule has 102 valence electrons. The lowest BCUT2D eigenvalue weighted by atomic mass is 9.95. The van der Waals surface area contributed by atoms with Crippen LogP contribution in [0, 0.1) is 0 Å². The van der Waals surface area contributed by atoms with Crippen molar-refractivity contribution in [3.63, 3.8) is 0 Å². The second-order valence-electron chi connectivity index (χ2n) is 6.13. The minimum Gasteiger partial charge on any atom is -0.378 e. The van der Waals surface area contributed by atoms with E-state index in [1.165, 1.54) is 25.1 Å². The number of anilines is 1. The number of ether oxygens (including phenoxy) is 1. The van der Waals surface area contributed by atoms with Crippen LogP contribution in [0.5, 0.6) is 0 Å². The van der Waals surface area contributed by atoms with E-state index in [4.69, 9.17) is 4.74 Å². The van der Waals surface area contributed by atoms with Gasteiger partial charge in [0.25, 0.3) is 0 Å². The summed E-state index contributed by atoms with van der Waals surface area (Å²) < 4.78 is 5.45. The fourth-order valence-electron chi connectivity index (χ4n) is 3.97. The highest BCUT2D eigenvalue weighted by Crippen LogP contribution is 2.49. The number of morpholine rings is 1. The van der Waals surface area contributed by atoms with Gasteiger partial charge in [-0.3, -0.25) is 4.90 Å². The van der Waals surface area contributed by atoms with Gasteiger partial charge in [-0.05, 0) is 55.6 Å². The Bertz CT molecular complexity index is 482. The molecule has 0 unspecified atom stereocenters. The molecule has 2 fully saturated rings. The summed E-state index contributed by atoms with van der Waals surface area (Å²) in [6.07, 6.45) is 2.66. The molecule has 3 aliphatic rings. The van der Waals surface area contributed by atoms with E-state index in [0.29, 0.717) is 6.04 Å². The maximum Gasteiger partial charge on any atom is 0.0642 e. The van der Waals surface area contributed by atoms with E-state index in [2.05, 4.69) is 35.0 Å². The molecule has 2 bridgehead atoms. The Labute approximate surface area is 115 Å². The second-order valence-corrected chi connectivity index (χ2v) is 6.13. The van der Waals surface area contributed by atoms with Crippen LogP contribution in [0.1, 0.15) is 35.9 Å². The average molecular weight is 258 g/mol. The van der Waals surface area contributed by atoms with Crippen LogP contribution in [-0.2, 0) is 4.74 Å². The number of hydrogen-bond acceptors (Lipinski definition) is 3. The standard InChI is InChI=1S/C16H22N2O/c1-17-5-4-12-10-16(17)14-3-2-13(11-15(12)14)18-6-8-19-9-7-18/h2-3,11-12,16H,4-10H2,1H3/t12-,16+/m1/s1. The molecule has 0 radical (unpaired) electrons. The molecule has 1 aliphatic carbocycles. The van der Waals surface area contributed by atoms with E-state index in [1.54, 1.807) is 11.1 Å². The molecule has 0 N–H and O–H groups in total. The fraction of sp³-hybridized carbons (Fsp3) is 0.625. The van der Waals surface area contributed by atoms with Crippen molar-refractivity contribution in [1.82, 2.24) is 4.90 Å². The smallest absolute Gasteiger partial charge is 0.0642 e. The van der Waals surface area contributed by atoms with E-state index in [9.17, 15) is 0 Å². The van der Waals surface area contributed by atoms with Crippen molar-refractivity contribution in [3.8, 4) is 0 Å². The van der Waals surface area contributed by atoms with Crippen molar-refractivity contribution in [3.05, 3.63) is 29.3 Å². The van der Waals surface area contributed by atoms with E-state index in [0.717, 1.165) is 32.2 Å². The van der Waals surface area contributed by atoms with Gasteiger partial charge >= 0.3 is 0 Å². The van der Waals surface area contributed by atoms with Crippen LogP contribution in [0.2, 0.25) is 0 Å². The van der Waals surface area contributed by atoms with E-state index >= 15 is 0 Å². The zero-order chi connectivity index (χ0) is 12.8. The number of benzene rings is 1. The molecule has 2 aliphatic heterocycles. The summed E-state index contributed by atoms with van der Waals surface area (Å²) in [6.45, 7) is 5.05. The lowest BCUT2D eigenvalue weighted by Crippen LogP contribution is -2.36. The van der Waals surface area contributed by atoms with Crippen LogP contribution in [0.3, 0.4) is 0 Å². The van der Waals surface area contributed by atoms with Crippen LogP contribution >= 0.6 is 0 Å². The Hall–Kier alpha value is -1.06. The zero-order valence-corrected chi connectivity index (χ0v) is 11.6. The lowest BCUT2D eigenvalue weighted by Gasteiger charge is -2.29. The fourth-order valence-corrected chi connectivity index (χ4v) is 3.97. The van der Waals surface area contributed by atoms with Gasteiger partial charge in [-0.15, -0.1) is 0 Å². The van der Waals surface area contributed by atoms with Gasteiger partial charge in [0.2, 0.25) is 0 Å². The number of fused-ring (bicyclic) bond motifs is 5. The summed E-state index contributed by atoms with van der Waals surface area (Å²) in [6, 6.07) is 7.84. The third kappa shape index (κ3) is 1.87. The normalized spacial score (nSPS) is 30.5. The molecule has 0 saturated carbocycles. The van der Waals surface area contributed by atoms with Crippen molar-refractivity contribution < 1.29 is 4.74 Å². The third-order valence-electron chi connectivity index (χ3n) is 5.12. The number of likely N-dealkylation sites (tertiary alicyclic amines) is 1. The van der Waals surface area contributed by atoms with Gasteiger partial charge in [0.1, 0.15) is 0 Å². The topological polar surface area (TPSA) is 15.7 Å². The second kappa shape index (κ2) is 4.50. The Kier molecular flexibility index (Phi) is 2.78. The van der Waals surface area contributed by atoms with Crippen LogP contribution in [-0.4, -0.2) is 44.8 Å². The van der Waals surface area contributed by atoms with Crippen molar-refractivity contribution in [2.45, 2.75) is 24.8 Å². The number of nitrogens with zero attached hydrogens (tertiary/aromatic N) is 2. The first kappa shape index (κ1) is 11.7. The van der Waals surface area contributed by atoms with Gasteiger partial charge in [0.05, 0.1) is 13.2 Å². The summed E-state index contributed by atoms with van der Waals surface area (Å²) in [5, 5.41) is 0. The number of rotatable bonds is 1. The zero-order valence-electron chi connectivity index (χ0n) is 11.6. The Morgan fingerprint density at radius 3 is 2.79 bits per heavy atom. The summed E-state index contributed by atoms with van der Waals surface area (Å²) >= 11 is 0. The Morgan fingerprint density at radius 2 is 1.95 bits per heavy atom. The molecule has 0 aromatic heterocycles. The van der Waals surface area contributed by atoms with Gasteiger partial charge < -0.3 is 9.64 Å². The molecule has 2 saturated heterocycles. The first-order valence-corrected chi connectivity index (χ1v) is 7.50. The van der Waals surface area contributed by atoms with Crippen LogP contribution in [0.25, 0.3) is 0 Å². The summed E-state index contributed by atoms with van der Waals surface area (Å²) in [7, 11) is 2.27. The predicted octanol–water partition coefficient (Wildman–Crippen LogP) is 2.39. The minimum absolute atomic E-state index is 0.674. The third-order valence-corrected chi connectivity index (χ3v) is 5.12. The first-order chi connectivity index (χ1) is 9.33. The molecule has 19 heavy (non-hydrogen) atoms. The van der Waals surface area contributed by atoms with Crippen LogP contribution in [0.4, 0.5) is 5.69 Å². The van der Waals surface area contributed by atoms with Crippen molar-refractivity contribution >= 4 is 5.69 Å². The molecule has 2 heterocycles. The minimum atomic E-state index is 0.674. The summed E-state index contributed by atoms with van der Waals surface area (Å²) in [5.74, 6) is 0.803. The highest BCUT2D eigenvalue weighted by molar-refractivity contribution is 5.55. The van der Waals surface area contributed by atoms with Crippen LogP contribution < -0.4 is 4.90 Å².